The largest absolute Gasteiger partial charge is 0.496 e. The fourth-order valence-electron chi connectivity index (χ4n) is 3.38. The maximum Gasteiger partial charge on any atom is 0.122 e. The van der Waals surface area contributed by atoms with Crippen LogP contribution in [0.2, 0.25) is 0 Å². The molecule has 0 aliphatic heterocycles. The molecule has 2 atom stereocenters. The van der Waals surface area contributed by atoms with E-state index in [0.29, 0.717) is 5.41 Å². The molecule has 0 heterocycles. The number of aryl methyl sites for hydroxylation is 1. The number of ether oxygens (including phenoxy) is 1. The van der Waals surface area contributed by atoms with Gasteiger partial charge in [0.05, 0.1) is 7.11 Å². The number of methoxy groups -OCH3 is 1. The lowest BCUT2D eigenvalue weighted by atomic mass is 9.90. The highest BCUT2D eigenvalue weighted by atomic mass is 16.5. The van der Waals surface area contributed by atoms with Crippen LogP contribution in [-0.2, 0) is 5.41 Å². The lowest BCUT2D eigenvalue weighted by Crippen LogP contribution is -2.30. The van der Waals surface area contributed by atoms with Gasteiger partial charge in [-0.1, -0.05) is 31.0 Å². The molecule has 2 aliphatic carbocycles. The third-order valence-electron chi connectivity index (χ3n) is 4.90. The van der Waals surface area contributed by atoms with Crippen LogP contribution < -0.4 is 10.1 Å². The molecule has 19 heavy (non-hydrogen) atoms. The third-order valence-corrected chi connectivity index (χ3v) is 4.90. The van der Waals surface area contributed by atoms with Crippen LogP contribution >= 0.6 is 0 Å². The molecule has 1 N–H and O–H groups in total. The Morgan fingerprint density at radius 3 is 2.74 bits per heavy atom. The highest BCUT2D eigenvalue weighted by molar-refractivity contribution is 5.47. The molecule has 1 aromatic carbocycles. The molecule has 2 nitrogen and oxygen atoms in total. The topological polar surface area (TPSA) is 21.3 Å². The molecule has 2 saturated carbocycles. The Bertz CT molecular complexity index is 466. The molecule has 0 radical (unpaired) electrons. The van der Waals surface area contributed by atoms with Crippen LogP contribution in [-0.4, -0.2) is 19.7 Å². The zero-order valence-electron chi connectivity index (χ0n) is 12.3. The first-order valence-corrected chi connectivity index (χ1v) is 7.58. The summed E-state index contributed by atoms with van der Waals surface area (Å²) in [5.74, 6) is 1.88. The van der Waals surface area contributed by atoms with Gasteiger partial charge in [0.1, 0.15) is 5.75 Å². The van der Waals surface area contributed by atoms with E-state index in [0.717, 1.165) is 24.3 Å². The molecule has 0 spiro atoms. The normalized spacial score (nSPS) is 29.3. The predicted molar refractivity (Wildman–Crippen MR) is 78.8 cm³/mol. The molecule has 104 valence electrons. The van der Waals surface area contributed by atoms with Gasteiger partial charge in [-0.2, -0.15) is 0 Å². The van der Waals surface area contributed by atoms with Crippen LogP contribution in [0.1, 0.15) is 43.7 Å². The molecule has 0 aromatic heterocycles. The van der Waals surface area contributed by atoms with Crippen molar-refractivity contribution >= 4 is 0 Å². The standard InChI is InChI=1S/C17H25NO/c1-4-13-10-17(13,11-18-14-6-7-14)15-9-12(2)5-8-16(15)19-3/h5,8-9,13-14,18H,4,6-7,10-11H2,1-3H3. The fraction of sp³-hybridized carbons (Fsp3) is 0.647. The molecule has 0 amide bonds. The van der Waals surface area contributed by atoms with Gasteiger partial charge in [0.25, 0.3) is 0 Å². The molecule has 2 fully saturated rings. The van der Waals surface area contributed by atoms with Crippen LogP contribution in [0, 0.1) is 12.8 Å². The summed E-state index contributed by atoms with van der Waals surface area (Å²) in [4.78, 5) is 0. The predicted octanol–water partition coefficient (Wildman–Crippen LogP) is 3.42. The average molecular weight is 259 g/mol. The van der Waals surface area contributed by atoms with E-state index in [4.69, 9.17) is 4.74 Å². The van der Waals surface area contributed by atoms with Crippen molar-refractivity contribution in [2.24, 2.45) is 5.92 Å². The van der Waals surface area contributed by atoms with Crippen molar-refractivity contribution in [2.45, 2.75) is 51.0 Å². The van der Waals surface area contributed by atoms with Crippen molar-refractivity contribution in [3.05, 3.63) is 29.3 Å². The Morgan fingerprint density at radius 2 is 2.16 bits per heavy atom. The first kappa shape index (κ1) is 13.0. The van der Waals surface area contributed by atoms with Crippen molar-refractivity contribution in [2.75, 3.05) is 13.7 Å². The van der Waals surface area contributed by atoms with Crippen LogP contribution in [0.15, 0.2) is 18.2 Å². The van der Waals surface area contributed by atoms with Gasteiger partial charge in [-0.25, -0.2) is 0 Å². The molecule has 1 aromatic rings. The molecule has 2 aliphatic rings. The van der Waals surface area contributed by atoms with Crippen molar-refractivity contribution in [1.29, 1.82) is 0 Å². The maximum absolute atomic E-state index is 5.61. The van der Waals surface area contributed by atoms with Gasteiger partial charge < -0.3 is 10.1 Å². The van der Waals surface area contributed by atoms with Crippen LogP contribution in [0.3, 0.4) is 0 Å². The number of benzene rings is 1. The van der Waals surface area contributed by atoms with Crippen LogP contribution in [0.5, 0.6) is 5.75 Å². The quantitative estimate of drug-likeness (QED) is 0.845. The summed E-state index contributed by atoms with van der Waals surface area (Å²) >= 11 is 0. The second-order valence-electron chi connectivity index (χ2n) is 6.32. The zero-order valence-corrected chi connectivity index (χ0v) is 12.3. The SMILES string of the molecule is CCC1CC1(CNC1CC1)c1cc(C)ccc1OC. The van der Waals surface area contributed by atoms with E-state index < -0.39 is 0 Å². The number of hydrogen-bond donors (Lipinski definition) is 1. The minimum Gasteiger partial charge on any atom is -0.496 e. The minimum absolute atomic E-state index is 0.328. The highest BCUT2D eigenvalue weighted by Crippen LogP contribution is 2.58. The number of hydrogen-bond acceptors (Lipinski definition) is 2. The molecule has 0 bridgehead atoms. The first-order valence-electron chi connectivity index (χ1n) is 7.58. The summed E-state index contributed by atoms with van der Waals surface area (Å²) in [6.45, 7) is 5.61. The van der Waals surface area contributed by atoms with Crippen LogP contribution in [0.4, 0.5) is 0 Å². The van der Waals surface area contributed by atoms with Gasteiger partial charge in [-0.3, -0.25) is 0 Å². The average Bonchev–Trinajstić information content (AvgIpc) is 3.31. The third kappa shape index (κ3) is 2.38. The molecule has 0 saturated heterocycles. The Labute approximate surface area is 116 Å². The van der Waals surface area contributed by atoms with E-state index in [2.05, 4.69) is 37.4 Å². The summed E-state index contributed by atoms with van der Waals surface area (Å²) in [5.41, 5.74) is 3.09. The summed E-state index contributed by atoms with van der Waals surface area (Å²) in [6.07, 6.45) is 5.29. The zero-order chi connectivity index (χ0) is 13.5. The van der Waals surface area contributed by atoms with Gasteiger partial charge >= 0.3 is 0 Å². The number of nitrogens with one attached hydrogen (secondary N) is 1. The van der Waals surface area contributed by atoms with Gasteiger partial charge in [0, 0.05) is 23.6 Å². The minimum atomic E-state index is 0.328. The lowest BCUT2D eigenvalue weighted by Gasteiger charge is -2.22. The van der Waals surface area contributed by atoms with E-state index >= 15 is 0 Å². The Hall–Kier alpha value is -1.02. The Kier molecular flexibility index (Phi) is 3.30. The monoisotopic (exact) mass is 259 g/mol. The number of rotatable bonds is 6. The van der Waals surface area contributed by atoms with Crippen molar-refractivity contribution < 1.29 is 4.74 Å². The summed E-state index contributed by atoms with van der Waals surface area (Å²) in [5, 5.41) is 3.74. The van der Waals surface area contributed by atoms with Crippen molar-refractivity contribution in [1.82, 2.24) is 5.32 Å². The summed E-state index contributed by atoms with van der Waals surface area (Å²) in [6, 6.07) is 7.40. The van der Waals surface area contributed by atoms with Crippen molar-refractivity contribution in [3.63, 3.8) is 0 Å². The first-order chi connectivity index (χ1) is 9.19. The summed E-state index contributed by atoms with van der Waals surface area (Å²) < 4.78 is 5.61. The molecule has 2 heteroatoms. The van der Waals surface area contributed by atoms with E-state index in [1.165, 1.54) is 36.8 Å². The van der Waals surface area contributed by atoms with Gasteiger partial charge in [-0.05, 0) is 38.2 Å². The van der Waals surface area contributed by atoms with Gasteiger partial charge in [0.15, 0.2) is 0 Å². The Balaban J connectivity index is 1.88. The fourth-order valence-corrected chi connectivity index (χ4v) is 3.38. The smallest absolute Gasteiger partial charge is 0.122 e. The second-order valence-corrected chi connectivity index (χ2v) is 6.32. The molecule has 3 rings (SSSR count). The Morgan fingerprint density at radius 1 is 1.37 bits per heavy atom. The highest BCUT2D eigenvalue weighted by Gasteiger charge is 2.55. The van der Waals surface area contributed by atoms with E-state index in [1.54, 1.807) is 7.11 Å². The maximum atomic E-state index is 5.61. The lowest BCUT2D eigenvalue weighted by molar-refractivity contribution is 0.397. The molecular formula is C17H25NO. The van der Waals surface area contributed by atoms with E-state index in [1.807, 2.05) is 0 Å². The van der Waals surface area contributed by atoms with Crippen molar-refractivity contribution in [3.8, 4) is 5.75 Å². The van der Waals surface area contributed by atoms with E-state index in [-0.39, 0.29) is 0 Å². The van der Waals surface area contributed by atoms with E-state index in [9.17, 15) is 0 Å². The summed E-state index contributed by atoms with van der Waals surface area (Å²) in [7, 11) is 1.79. The van der Waals surface area contributed by atoms with Crippen LogP contribution in [0.25, 0.3) is 0 Å². The van der Waals surface area contributed by atoms with Gasteiger partial charge in [-0.15, -0.1) is 0 Å². The molecule has 2 unspecified atom stereocenters. The van der Waals surface area contributed by atoms with Gasteiger partial charge in [0.2, 0.25) is 0 Å². The molecular weight excluding hydrogens is 234 g/mol. The second kappa shape index (κ2) is 4.82.